The fourth-order valence-corrected chi connectivity index (χ4v) is 3.76. The summed E-state index contributed by atoms with van der Waals surface area (Å²) in [5.41, 5.74) is 4.09. The molecule has 1 amide bonds. The summed E-state index contributed by atoms with van der Waals surface area (Å²) in [7, 11) is 5.86. The van der Waals surface area contributed by atoms with E-state index < -0.39 is 0 Å². The smallest absolute Gasteiger partial charge is 0.228 e. The van der Waals surface area contributed by atoms with Crippen molar-refractivity contribution in [3.63, 3.8) is 0 Å². The Hall–Kier alpha value is -2.86. The highest BCUT2D eigenvalue weighted by Gasteiger charge is 2.13. The number of hydrogen-bond donors (Lipinski definition) is 0. The maximum Gasteiger partial charge on any atom is 0.228 e. The van der Waals surface area contributed by atoms with Crippen LogP contribution in [-0.4, -0.2) is 43.5 Å². The molecule has 0 fully saturated rings. The number of amides is 1. The number of aromatic nitrogens is 1. The van der Waals surface area contributed by atoms with Gasteiger partial charge in [-0.2, -0.15) is 0 Å². The van der Waals surface area contributed by atoms with Crippen LogP contribution in [0.15, 0.2) is 53.9 Å². The maximum absolute atomic E-state index is 12.6. The molecule has 5 nitrogen and oxygen atoms in total. The van der Waals surface area contributed by atoms with Gasteiger partial charge in [-0.25, -0.2) is 4.98 Å². The SMILES string of the molecule is CCOc1ccc(-c2nc(CC(=O)N(C)Cc3ccc(N(C)C)cc3)cs2)cc1. The summed E-state index contributed by atoms with van der Waals surface area (Å²) in [5.74, 6) is 0.911. The molecule has 3 rings (SSSR count). The zero-order chi connectivity index (χ0) is 20.8. The van der Waals surface area contributed by atoms with E-state index in [9.17, 15) is 4.79 Å². The summed E-state index contributed by atoms with van der Waals surface area (Å²) in [6.45, 7) is 3.20. The number of carbonyl (C=O) groups is 1. The van der Waals surface area contributed by atoms with Crippen LogP contribution < -0.4 is 9.64 Å². The van der Waals surface area contributed by atoms with Gasteiger partial charge in [-0.15, -0.1) is 11.3 Å². The lowest BCUT2D eigenvalue weighted by Gasteiger charge is -2.18. The lowest BCUT2D eigenvalue weighted by molar-refractivity contribution is -0.129. The van der Waals surface area contributed by atoms with Crippen molar-refractivity contribution in [3.05, 3.63) is 65.2 Å². The van der Waals surface area contributed by atoms with Crippen molar-refractivity contribution in [2.75, 3.05) is 32.6 Å². The van der Waals surface area contributed by atoms with Gasteiger partial charge in [0.25, 0.3) is 0 Å². The topological polar surface area (TPSA) is 45.7 Å². The van der Waals surface area contributed by atoms with Gasteiger partial charge in [-0.05, 0) is 48.9 Å². The van der Waals surface area contributed by atoms with Crippen LogP contribution in [0.1, 0.15) is 18.2 Å². The van der Waals surface area contributed by atoms with E-state index in [1.165, 1.54) is 0 Å². The maximum atomic E-state index is 12.6. The van der Waals surface area contributed by atoms with Crippen LogP contribution in [0.2, 0.25) is 0 Å². The number of nitrogens with zero attached hydrogens (tertiary/aromatic N) is 3. The fourth-order valence-electron chi connectivity index (χ4n) is 2.93. The van der Waals surface area contributed by atoms with Crippen LogP contribution in [-0.2, 0) is 17.8 Å². The Kier molecular flexibility index (Phi) is 6.88. The molecule has 152 valence electrons. The second-order valence-corrected chi connectivity index (χ2v) is 7.95. The minimum Gasteiger partial charge on any atom is -0.494 e. The molecule has 29 heavy (non-hydrogen) atoms. The molecule has 0 N–H and O–H groups in total. The van der Waals surface area contributed by atoms with Crippen molar-refractivity contribution in [2.24, 2.45) is 0 Å². The highest BCUT2D eigenvalue weighted by atomic mass is 32.1. The van der Waals surface area contributed by atoms with Crippen LogP contribution >= 0.6 is 11.3 Å². The summed E-state index contributed by atoms with van der Waals surface area (Å²) in [5, 5.41) is 2.88. The van der Waals surface area contributed by atoms with Gasteiger partial charge >= 0.3 is 0 Å². The van der Waals surface area contributed by atoms with Gasteiger partial charge in [0.1, 0.15) is 10.8 Å². The van der Waals surface area contributed by atoms with Gasteiger partial charge in [0.15, 0.2) is 0 Å². The molecule has 0 saturated carbocycles. The largest absolute Gasteiger partial charge is 0.494 e. The van der Waals surface area contributed by atoms with Crippen molar-refractivity contribution in [1.29, 1.82) is 0 Å². The molecule has 0 radical (unpaired) electrons. The van der Waals surface area contributed by atoms with Gasteiger partial charge in [0.05, 0.1) is 18.7 Å². The Morgan fingerprint density at radius 1 is 1.03 bits per heavy atom. The quantitative estimate of drug-likeness (QED) is 0.550. The molecule has 3 aromatic rings. The number of ether oxygens (including phenoxy) is 1. The summed E-state index contributed by atoms with van der Waals surface area (Å²) < 4.78 is 5.48. The van der Waals surface area contributed by atoms with E-state index in [0.29, 0.717) is 19.6 Å². The third-order valence-electron chi connectivity index (χ3n) is 4.59. The van der Waals surface area contributed by atoms with Crippen molar-refractivity contribution in [3.8, 4) is 16.3 Å². The Morgan fingerprint density at radius 2 is 1.72 bits per heavy atom. The second-order valence-electron chi connectivity index (χ2n) is 7.09. The molecular weight excluding hydrogens is 382 g/mol. The lowest BCUT2D eigenvalue weighted by Crippen LogP contribution is -2.27. The molecule has 0 aliphatic rings. The number of benzene rings is 2. The third kappa shape index (κ3) is 5.57. The number of carbonyl (C=O) groups excluding carboxylic acids is 1. The minimum absolute atomic E-state index is 0.0604. The number of thiazole rings is 1. The van der Waals surface area contributed by atoms with Crippen LogP contribution in [0.3, 0.4) is 0 Å². The van der Waals surface area contributed by atoms with Crippen molar-refractivity contribution in [1.82, 2.24) is 9.88 Å². The average Bonchev–Trinajstić information content (AvgIpc) is 3.17. The molecule has 0 bridgehead atoms. The monoisotopic (exact) mass is 409 g/mol. The van der Waals surface area contributed by atoms with E-state index in [0.717, 1.165) is 33.3 Å². The Labute approximate surface area is 176 Å². The first kappa shape index (κ1) is 20.9. The van der Waals surface area contributed by atoms with E-state index in [1.54, 1.807) is 16.2 Å². The highest BCUT2D eigenvalue weighted by Crippen LogP contribution is 2.26. The van der Waals surface area contributed by atoms with Crippen molar-refractivity contribution >= 4 is 22.9 Å². The van der Waals surface area contributed by atoms with Crippen LogP contribution in [0.25, 0.3) is 10.6 Å². The first-order chi connectivity index (χ1) is 14.0. The summed E-state index contributed by atoms with van der Waals surface area (Å²) in [4.78, 5) is 21.1. The van der Waals surface area contributed by atoms with Gasteiger partial charge in [0, 0.05) is 44.3 Å². The minimum atomic E-state index is 0.0604. The fraction of sp³-hybridized carbons (Fsp3) is 0.304. The Bertz CT molecular complexity index is 934. The molecule has 0 saturated heterocycles. The van der Waals surface area contributed by atoms with Gasteiger partial charge in [-0.1, -0.05) is 12.1 Å². The van der Waals surface area contributed by atoms with Crippen molar-refractivity contribution in [2.45, 2.75) is 19.9 Å². The van der Waals surface area contributed by atoms with Gasteiger partial charge in [0.2, 0.25) is 5.91 Å². The lowest BCUT2D eigenvalue weighted by atomic mass is 10.2. The van der Waals surface area contributed by atoms with Crippen LogP contribution in [0.4, 0.5) is 5.69 Å². The summed E-state index contributed by atoms with van der Waals surface area (Å²) >= 11 is 1.56. The summed E-state index contributed by atoms with van der Waals surface area (Å²) in [6, 6.07) is 16.1. The number of anilines is 1. The average molecular weight is 410 g/mol. The second kappa shape index (κ2) is 9.56. The van der Waals surface area contributed by atoms with E-state index >= 15 is 0 Å². The van der Waals surface area contributed by atoms with E-state index in [-0.39, 0.29) is 5.91 Å². The van der Waals surface area contributed by atoms with E-state index in [2.05, 4.69) is 34.1 Å². The zero-order valence-electron chi connectivity index (χ0n) is 17.4. The Balaban J connectivity index is 1.59. The number of rotatable bonds is 8. The predicted molar refractivity (Wildman–Crippen MR) is 120 cm³/mol. The molecule has 1 aromatic heterocycles. The molecule has 0 spiro atoms. The van der Waals surface area contributed by atoms with Gasteiger partial charge in [-0.3, -0.25) is 4.79 Å². The third-order valence-corrected chi connectivity index (χ3v) is 5.53. The van der Waals surface area contributed by atoms with Crippen molar-refractivity contribution < 1.29 is 9.53 Å². The predicted octanol–water partition coefficient (Wildman–Crippen LogP) is 4.48. The molecule has 2 aromatic carbocycles. The van der Waals surface area contributed by atoms with Gasteiger partial charge < -0.3 is 14.5 Å². The number of likely N-dealkylation sites (N-methyl/N-ethyl adjacent to an activating group) is 1. The first-order valence-electron chi connectivity index (χ1n) is 9.64. The number of hydrogen-bond acceptors (Lipinski definition) is 5. The van der Waals surface area contributed by atoms with Crippen LogP contribution in [0, 0.1) is 0 Å². The normalized spacial score (nSPS) is 10.6. The molecule has 0 atom stereocenters. The standard InChI is InChI=1S/C23H27N3O2S/c1-5-28-21-12-8-18(9-13-21)23-24-19(16-29-23)14-22(27)26(4)15-17-6-10-20(11-7-17)25(2)3/h6-13,16H,5,14-15H2,1-4H3. The Morgan fingerprint density at radius 3 is 2.34 bits per heavy atom. The van der Waals surface area contributed by atoms with Crippen LogP contribution in [0.5, 0.6) is 5.75 Å². The van der Waals surface area contributed by atoms with E-state index in [4.69, 9.17) is 4.74 Å². The molecular formula is C23H27N3O2S. The van der Waals surface area contributed by atoms with E-state index in [1.807, 2.05) is 57.7 Å². The first-order valence-corrected chi connectivity index (χ1v) is 10.5. The molecule has 1 heterocycles. The zero-order valence-corrected chi connectivity index (χ0v) is 18.2. The highest BCUT2D eigenvalue weighted by molar-refractivity contribution is 7.13. The molecule has 6 heteroatoms. The molecule has 0 aliphatic carbocycles. The summed E-state index contributed by atoms with van der Waals surface area (Å²) in [6.07, 6.45) is 0.305. The molecule has 0 aliphatic heterocycles. The molecule has 0 unspecified atom stereocenters.